The lowest BCUT2D eigenvalue weighted by Gasteiger charge is -2.20. The standard InChI is InChI=1S/C30H35N3O2S/c1-8-32-28(34)27(36-29(32)31-24-12-16-26(17-13-24)35-9-2)19-22-18-20(3)33(21(22)4)25-14-10-23(11-15-25)30(5,6)7/h10-19H,8-9H2,1-7H3/b27-19-,31-29?. The first-order chi connectivity index (χ1) is 17.1. The number of rotatable bonds is 6. The Morgan fingerprint density at radius 3 is 2.25 bits per heavy atom. The number of aryl methyl sites for hydroxylation is 1. The number of hydrogen-bond acceptors (Lipinski definition) is 4. The molecule has 0 aliphatic carbocycles. The number of amidine groups is 1. The third-order valence-corrected chi connectivity index (χ3v) is 7.33. The van der Waals surface area contributed by atoms with E-state index in [1.54, 1.807) is 4.90 Å². The highest BCUT2D eigenvalue weighted by Crippen LogP contribution is 2.35. The quantitative estimate of drug-likeness (QED) is 0.330. The van der Waals surface area contributed by atoms with Crippen LogP contribution in [0.15, 0.2) is 64.5 Å². The maximum atomic E-state index is 13.2. The maximum Gasteiger partial charge on any atom is 0.266 e. The zero-order valence-electron chi connectivity index (χ0n) is 22.3. The molecule has 1 fully saturated rings. The summed E-state index contributed by atoms with van der Waals surface area (Å²) in [6.45, 7) is 16.0. The number of hydrogen-bond donors (Lipinski definition) is 0. The average molecular weight is 502 g/mol. The van der Waals surface area contributed by atoms with Crippen molar-refractivity contribution in [1.29, 1.82) is 0 Å². The van der Waals surface area contributed by atoms with E-state index in [9.17, 15) is 4.79 Å². The summed E-state index contributed by atoms with van der Waals surface area (Å²) in [4.78, 5) is 20.4. The van der Waals surface area contributed by atoms with Gasteiger partial charge in [0.2, 0.25) is 0 Å². The van der Waals surface area contributed by atoms with E-state index >= 15 is 0 Å². The van der Waals surface area contributed by atoms with Gasteiger partial charge in [-0.1, -0.05) is 32.9 Å². The largest absolute Gasteiger partial charge is 0.494 e. The van der Waals surface area contributed by atoms with Crippen LogP contribution in [0.2, 0.25) is 0 Å². The van der Waals surface area contributed by atoms with Crippen molar-refractivity contribution in [2.24, 2.45) is 4.99 Å². The summed E-state index contributed by atoms with van der Waals surface area (Å²) in [5, 5.41) is 0.699. The van der Waals surface area contributed by atoms with E-state index in [0.29, 0.717) is 23.2 Å². The second-order valence-corrected chi connectivity index (χ2v) is 10.9. The van der Waals surface area contributed by atoms with Crippen LogP contribution in [0.4, 0.5) is 5.69 Å². The van der Waals surface area contributed by atoms with Gasteiger partial charge in [0.05, 0.1) is 17.2 Å². The molecule has 1 saturated heterocycles. The maximum absolute atomic E-state index is 13.2. The molecule has 6 heteroatoms. The molecule has 4 rings (SSSR count). The van der Waals surface area contributed by atoms with Crippen molar-refractivity contribution < 1.29 is 9.53 Å². The normalized spacial score (nSPS) is 16.4. The van der Waals surface area contributed by atoms with Crippen molar-refractivity contribution in [2.75, 3.05) is 13.2 Å². The minimum absolute atomic E-state index is 0.00785. The molecule has 2 heterocycles. The fourth-order valence-electron chi connectivity index (χ4n) is 4.35. The Hall–Kier alpha value is -3.25. The molecule has 0 spiro atoms. The Kier molecular flexibility index (Phi) is 7.46. The highest BCUT2D eigenvalue weighted by molar-refractivity contribution is 8.18. The molecule has 1 aliphatic rings. The lowest BCUT2D eigenvalue weighted by molar-refractivity contribution is -0.122. The van der Waals surface area contributed by atoms with Crippen LogP contribution in [-0.2, 0) is 10.2 Å². The Labute approximate surface area is 218 Å². The fourth-order valence-corrected chi connectivity index (χ4v) is 5.40. The smallest absolute Gasteiger partial charge is 0.266 e. The minimum Gasteiger partial charge on any atom is -0.494 e. The number of nitrogens with zero attached hydrogens (tertiary/aromatic N) is 3. The zero-order chi connectivity index (χ0) is 26.0. The van der Waals surface area contributed by atoms with Crippen LogP contribution < -0.4 is 4.74 Å². The molecule has 5 nitrogen and oxygen atoms in total. The molecular formula is C30H35N3O2S. The summed E-state index contributed by atoms with van der Waals surface area (Å²) >= 11 is 1.43. The van der Waals surface area contributed by atoms with Gasteiger partial charge >= 0.3 is 0 Å². The third-order valence-electron chi connectivity index (χ3n) is 6.33. The van der Waals surface area contributed by atoms with Gasteiger partial charge in [-0.2, -0.15) is 0 Å². The molecule has 1 aromatic heterocycles. The number of carbonyl (C=O) groups excluding carboxylic acids is 1. The van der Waals surface area contributed by atoms with E-state index in [2.05, 4.69) is 69.5 Å². The lowest BCUT2D eigenvalue weighted by Crippen LogP contribution is -2.28. The van der Waals surface area contributed by atoms with Gasteiger partial charge in [-0.05, 0) is 105 Å². The van der Waals surface area contributed by atoms with Crippen LogP contribution in [-0.4, -0.2) is 33.7 Å². The van der Waals surface area contributed by atoms with Crippen LogP contribution in [0, 0.1) is 13.8 Å². The third kappa shape index (κ3) is 5.29. The predicted molar refractivity (Wildman–Crippen MR) is 152 cm³/mol. The monoisotopic (exact) mass is 501 g/mol. The number of benzene rings is 2. The van der Waals surface area contributed by atoms with E-state index in [-0.39, 0.29) is 11.3 Å². The molecule has 0 radical (unpaired) electrons. The lowest BCUT2D eigenvalue weighted by atomic mass is 9.87. The first-order valence-electron chi connectivity index (χ1n) is 12.4. The molecule has 0 atom stereocenters. The van der Waals surface area contributed by atoms with Gasteiger partial charge in [0.25, 0.3) is 5.91 Å². The summed E-state index contributed by atoms with van der Waals surface area (Å²) in [5.41, 5.74) is 6.63. The summed E-state index contributed by atoms with van der Waals surface area (Å²) in [6, 6.07) is 18.5. The molecular weight excluding hydrogens is 466 g/mol. The van der Waals surface area contributed by atoms with Crippen molar-refractivity contribution in [1.82, 2.24) is 9.47 Å². The van der Waals surface area contributed by atoms with E-state index in [1.807, 2.05) is 44.2 Å². The first-order valence-corrected chi connectivity index (χ1v) is 13.3. The van der Waals surface area contributed by atoms with Crippen molar-refractivity contribution in [2.45, 2.75) is 53.9 Å². The molecule has 0 N–H and O–H groups in total. The van der Waals surface area contributed by atoms with Gasteiger partial charge in [-0.25, -0.2) is 4.99 Å². The van der Waals surface area contributed by atoms with Gasteiger partial charge in [0.1, 0.15) is 5.75 Å². The summed E-state index contributed by atoms with van der Waals surface area (Å²) < 4.78 is 7.77. The topological polar surface area (TPSA) is 46.8 Å². The Bertz CT molecular complexity index is 1310. The number of thioether (sulfide) groups is 1. The molecule has 0 bridgehead atoms. The number of likely N-dealkylation sites (N-methyl/N-ethyl adjacent to an activating group) is 1. The molecule has 3 aromatic rings. The minimum atomic E-state index is -0.00785. The van der Waals surface area contributed by atoms with Crippen molar-refractivity contribution in [3.05, 3.63) is 82.0 Å². The van der Waals surface area contributed by atoms with E-state index < -0.39 is 0 Å². The number of amides is 1. The first kappa shape index (κ1) is 25.8. The summed E-state index contributed by atoms with van der Waals surface area (Å²) in [6.07, 6.45) is 2.00. The average Bonchev–Trinajstić information content (AvgIpc) is 3.29. The molecule has 1 amide bonds. The molecule has 0 saturated carbocycles. The summed E-state index contributed by atoms with van der Waals surface area (Å²) in [5.74, 6) is 0.805. The SMILES string of the molecule is CCOc1ccc(N=C2S/C(=C\c3cc(C)n(-c4ccc(C(C)(C)C)cc4)c3C)C(=O)N2CC)cc1. The highest BCUT2D eigenvalue weighted by atomic mass is 32.2. The predicted octanol–water partition coefficient (Wildman–Crippen LogP) is 7.41. The van der Waals surface area contributed by atoms with E-state index in [0.717, 1.165) is 34.1 Å². The number of aromatic nitrogens is 1. The zero-order valence-corrected chi connectivity index (χ0v) is 23.1. The Balaban J connectivity index is 1.63. The molecule has 188 valence electrons. The number of carbonyl (C=O) groups is 1. The van der Waals surface area contributed by atoms with Gasteiger partial charge in [-0.3, -0.25) is 9.69 Å². The van der Waals surface area contributed by atoms with Gasteiger partial charge in [0.15, 0.2) is 5.17 Å². The van der Waals surface area contributed by atoms with Gasteiger partial charge in [0, 0.05) is 23.6 Å². The van der Waals surface area contributed by atoms with Gasteiger partial charge < -0.3 is 9.30 Å². The van der Waals surface area contributed by atoms with Crippen LogP contribution in [0.1, 0.15) is 57.1 Å². The molecule has 1 aliphatic heterocycles. The second kappa shape index (κ2) is 10.4. The van der Waals surface area contributed by atoms with Gasteiger partial charge in [-0.15, -0.1) is 0 Å². The van der Waals surface area contributed by atoms with E-state index in [4.69, 9.17) is 9.73 Å². The second-order valence-electron chi connectivity index (χ2n) is 9.94. The molecule has 36 heavy (non-hydrogen) atoms. The summed E-state index contributed by atoms with van der Waals surface area (Å²) in [7, 11) is 0. The van der Waals surface area contributed by atoms with Crippen LogP contribution in [0.3, 0.4) is 0 Å². The number of aliphatic imine (C=N–C) groups is 1. The fraction of sp³-hybridized carbons (Fsp3) is 0.333. The molecule has 2 aromatic carbocycles. The Morgan fingerprint density at radius 1 is 1.00 bits per heavy atom. The van der Waals surface area contributed by atoms with Crippen LogP contribution in [0.5, 0.6) is 5.75 Å². The van der Waals surface area contributed by atoms with Crippen molar-refractivity contribution in [3.63, 3.8) is 0 Å². The van der Waals surface area contributed by atoms with Crippen molar-refractivity contribution in [3.8, 4) is 11.4 Å². The van der Waals surface area contributed by atoms with Crippen molar-refractivity contribution >= 4 is 34.6 Å². The number of ether oxygens (including phenoxy) is 1. The van der Waals surface area contributed by atoms with Crippen LogP contribution in [0.25, 0.3) is 11.8 Å². The van der Waals surface area contributed by atoms with E-state index in [1.165, 1.54) is 17.3 Å². The highest BCUT2D eigenvalue weighted by Gasteiger charge is 2.32. The van der Waals surface area contributed by atoms with Crippen LogP contribution >= 0.6 is 11.8 Å². The Morgan fingerprint density at radius 2 is 1.67 bits per heavy atom. The molecule has 0 unspecified atom stereocenters.